The summed E-state index contributed by atoms with van der Waals surface area (Å²) in [6, 6.07) is -0.309. The number of aromatic amines is 1. The van der Waals surface area contributed by atoms with Crippen molar-refractivity contribution in [3.05, 3.63) is 20.7 Å². The molecule has 0 aromatic carbocycles. The third-order valence-corrected chi connectivity index (χ3v) is 2.09. The molecule has 1 aromatic heterocycles. The SMILES string of the molecule is C[C@@H](CO)NC(=O)c1csc(=O)[nH]1. The fourth-order valence-corrected chi connectivity index (χ4v) is 1.30. The Morgan fingerprint density at radius 3 is 3.00 bits per heavy atom. The second-order valence-corrected chi connectivity index (χ2v) is 3.46. The van der Waals surface area contributed by atoms with Crippen LogP contribution in [0.5, 0.6) is 0 Å². The van der Waals surface area contributed by atoms with Crippen LogP contribution >= 0.6 is 11.3 Å². The highest BCUT2D eigenvalue weighted by Crippen LogP contribution is 1.95. The average molecular weight is 202 g/mol. The Kier molecular flexibility index (Phi) is 3.21. The summed E-state index contributed by atoms with van der Waals surface area (Å²) in [5.74, 6) is -0.375. The van der Waals surface area contributed by atoms with Gasteiger partial charge in [0.05, 0.1) is 6.61 Å². The predicted octanol–water partition coefficient (Wildman–Crippen LogP) is -0.453. The van der Waals surface area contributed by atoms with Crippen LogP contribution in [0.4, 0.5) is 0 Å². The monoisotopic (exact) mass is 202 g/mol. The van der Waals surface area contributed by atoms with Crippen LogP contribution < -0.4 is 10.2 Å². The number of carbonyl (C=O) groups excluding carboxylic acids is 1. The van der Waals surface area contributed by atoms with E-state index in [1.807, 2.05) is 0 Å². The lowest BCUT2D eigenvalue weighted by Gasteiger charge is -2.08. The van der Waals surface area contributed by atoms with Gasteiger partial charge in [-0.1, -0.05) is 11.3 Å². The summed E-state index contributed by atoms with van der Waals surface area (Å²) in [5, 5.41) is 12.6. The van der Waals surface area contributed by atoms with Crippen molar-refractivity contribution in [1.29, 1.82) is 0 Å². The number of nitrogens with one attached hydrogen (secondary N) is 2. The summed E-state index contributed by atoms with van der Waals surface area (Å²) < 4.78 is 0. The molecular weight excluding hydrogens is 192 g/mol. The number of amides is 1. The molecule has 0 bridgehead atoms. The zero-order valence-corrected chi connectivity index (χ0v) is 7.85. The van der Waals surface area contributed by atoms with Crippen LogP contribution in [0, 0.1) is 0 Å². The lowest BCUT2D eigenvalue weighted by molar-refractivity contribution is 0.0918. The minimum Gasteiger partial charge on any atom is -0.394 e. The molecule has 0 aliphatic carbocycles. The lowest BCUT2D eigenvalue weighted by atomic mass is 10.3. The first-order valence-electron chi connectivity index (χ1n) is 3.73. The maximum absolute atomic E-state index is 11.2. The van der Waals surface area contributed by atoms with Crippen LogP contribution in [-0.2, 0) is 0 Å². The van der Waals surface area contributed by atoms with E-state index in [4.69, 9.17) is 5.11 Å². The fourth-order valence-electron chi connectivity index (χ4n) is 0.739. The van der Waals surface area contributed by atoms with Crippen LogP contribution in [0.2, 0.25) is 0 Å². The molecule has 1 rings (SSSR count). The summed E-state index contributed by atoms with van der Waals surface area (Å²) in [5.41, 5.74) is 0.232. The van der Waals surface area contributed by atoms with Gasteiger partial charge < -0.3 is 15.4 Å². The van der Waals surface area contributed by atoms with Gasteiger partial charge in [-0.3, -0.25) is 9.59 Å². The van der Waals surface area contributed by atoms with Gasteiger partial charge in [-0.05, 0) is 6.92 Å². The standard InChI is InChI=1S/C7H10N2O3S/c1-4(2-10)8-6(11)5-3-13-7(12)9-5/h3-4,10H,2H2,1H3,(H,8,11)(H,9,12)/t4-/m0/s1. The number of hydrogen-bond acceptors (Lipinski definition) is 4. The van der Waals surface area contributed by atoms with Crippen molar-refractivity contribution >= 4 is 17.2 Å². The minimum absolute atomic E-state index is 0.125. The molecule has 0 spiro atoms. The van der Waals surface area contributed by atoms with Crippen molar-refractivity contribution in [3.63, 3.8) is 0 Å². The molecule has 1 amide bonds. The highest BCUT2D eigenvalue weighted by Gasteiger charge is 2.10. The third kappa shape index (κ3) is 2.67. The summed E-state index contributed by atoms with van der Waals surface area (Å²) in [4.78, 5) is 24.0. The molecule has 0 aliphatic heterocycles. The molecule has 6 heteroatoms. The smallest absolute Gasteiger partial charge is 0.305 e. The maximum atomic E-state index is 11.2. The Morgan fingerprint density at radius 2 is 2.54 bits per heavy atom. The molecule has 5 nitrogen and oxygen atoms in total. The van der Waals surface area contributed by atoms with Crippen molar-refractivity contribution in [2.24, 2.45) is 0 Å². The van der Waals surface area contributed by atoms with Crippen molar-refractivity contribution in [2.45, 2.75) is 13.0 Å². The van der Waals surface area contributed by atoms with E-state index in [1.54, 1.807) is 6.92 Å². The molecule has 0 unspecified atom stereocenters. The first kappa shape index (κ1) is 9.94. The quantitative estimate of drug-likeness (QED) is 0.620. The zero-order chi connectivity index (χ0) is 9.84. The van der Waals surface area contributed by atoms with Crippen molar-refractivity contribution in [3.8, 4) is 0 Å². The number of H-pyrrole nitrogens is 1. The second-order valence-electron chi connectivity index (χ2n) is 2.62. The number of aromatic nitrogens is 1. The summed E-state index contributed by atoms with van der Waals surface area (Å²) in [6.07, 6.45) is 0. The molecule has 13 heavy (non-hydrogen) atoms. The number of aliphatic hydroxyl groups excluding tert-OH is 1. The summed E-state index contributed by atoms with van der Waals surface area (Å²) >= 11 is 0.933. The Labute approximate surface area is 78.4 Å². The lowest BCUT2D eigenvalue weighted by Crippen LogP contribution is -2.35. The number of aliphatic hydroxyl groups is 1. The van der Waals surface area contributed by atoms with E-state index in [2.05, 4.69) is 10.3 Å². The normalized spacial score (nSPS) is 12.5. The molecule has 0 saturated carbocycles. The summed E-state index contributed by atoms with van der Waals surface area (Å²) in [6.45, 7) is 1.54. The van der Waals surface area contributed by atoms with E-state index in [9.17, 15) is 9.59 Å². The molecule has 0 aliphatic rings. The van der Waals surface area contributed by atoms with Gasteiger partial charge in [-0.15, -0.1) is 0 Å². The molecule has 72 valence electrons. The highest BCUT2D eigenvalue weighted by molar-refractivity contribution is 7.07. The van der Waals surface area contributed by atoms with E-state index >= 15 is 0 Å². The maximum Gasteiger partial charge on any atom is 0.305 e. The molecular formula is C7H10N2O3S. The van der Waals surface area contributed by atoms with Crippen molar-refractivity contribution in [1.82, 2.24) is 10.3 Å². The van der Waals surface area contributed by atoms with E-state index in [-0.39, 0.29) is 29.1 Å². The molecule has 1 atom stereocenters. The molecule has 3 N–H and O–H groups in total. The average Bonchev–Trinajstić information content (AvgIpc) is 2.51. The van der Waals surface area contributed by atoms with E-state index in [0.717, 1.165) is 11.3 Å². The molecule has 1 heterocycles. The highest BCUT2D eigenvalue weighted by atomic mass is 32.1. The van der Waals surface area contributed by atoms with Crippen molar-refractivity contribution < 1.29 is 9.90 Å². The topological polar surface area (TPSA) is 82.2 Å². The molecule has 0 radical (unpaired) electrons. The third-order valence-electron chi connectivity index (χ3n) is 1.42. The Morgan fingerprint density at radius 1 is 1.85 bits per heavy atom. The van der Waals surface area contributed by atoms with Gasteiger partial charge in [0.25, 0.3) is 5.91 Å². The van der Waals surface area contributed by atoms with Crippen LogP contribution in [0.1, 0.15) is 17.4 Å². The number of rotatable bonds is 3. The number of hydrogen-bond donors (Lipinski definition) is 3. The van der Waals surface area contributed by atoms with Crippen LogP contribution in [-0.4, -0.2) is 28.6 Å². The first-order valence-corrected chi connectivity index (χ1v) is 4.61. The fraction of sp³-hybridized carbons (Fsp3) is 0.429. The van der Waals surface area contributed by atoms with Gasteiger partial charge in [0.2, 0.25) is 0 Å². The number of carbonyl (C=O) groups is 1. The first-order chi connectivity index (χ1) is 6.13. The van der Waals surface area contributed by atoms with Gasteiger partial charge in [0.15, 0.2) is 0 Å². The number of thiazole rings is 1. The van der Waals surface area contributed by atoms with Crippen molar-refractivity contribution in [2.75, 3.05) is 6.61 Å². The van der Waals surface area contributed by atoms with Gasteiger partial charge >= 0.3 is 4.87 Å². The van der Waals surface area contributed by atoms with Gasteiger partial charge in [-0.25, -0.2) is 0 Å². The van der Waals surface area contributed by atoms with Gasteiger partial charge in [-0.2, -0.15) is 0 Å². The predicted molar refractivity (Wildman–Crippen MR) is 49.0 cm³/mol. The molecule has 1 aromatic rings. The molecule has 0 fully saturated rings. The minimum atomic E-state index is -0.375. The van der Waals surface area contributed by atoms with Crippen LogP contribution in [0.3, 0.4) is 0 Å². The summed E-state index contributed by atoms with van der Waals surface area (Å²) in [7, 11) is 0. The largest absolute Gasteiger partial charge is 0.394 e. The van der Waals surface area contributed by atoms with E-state index in [0.29, 0.717) is 0 Å². The Hall–Kier alpha value is -1.14. The van der Waals surface area contributed by atoms with Crippen LogP contribution in [0.25, 0.3) is 0 Å². The van der Waals surface area contributed by atoms with E-state index < -0.39 is 0 Å². The second kappa shape index (κ2) is 4.20. The Bertz CT molecular complexity index is 344. The molecule has 0 saturated heterocycles. The van der Waals surface area contributed by atoms with Crippen LogP contribution in [0.15, 0.2) is 10.2 Å². The van der Waals surface area contributed by atoms with Gasteiger partial charge in [0, 0.05) is 11.4 Å². The van der Waals surface area contributed by atoms with Gasteiger partial charge in [0.1, 0.15) is 5.69 Å². The zero-order valence-electron chi connectivity index (χ0n) is 7.03. The Balaban J connectivity index is 2.64. The van der Waals surface area contributed by atoms with E-state index in [1.165, 1.54) is 5.38 Å².